The molecule has 5 heteroatoms. The highest BCUT2D eigenvalue weighted by Gasteiger charge is 2.25. The molecule has 2 aliphatic heterocycles. The van der Waals surface area contributed by atoms with Crippen molar-refractivity contribution in [1.82, 2.24) is 5.32 Å². The number of carbonyl (C=O) groups is 1. The number of nitriles is 1. The van der Waals surface area contributed by atoms with Crippen molar-refractivity contribution < 1.29 is 4.79 Å². The maximum absolute atomic E-state index is 11.8. The second-order valence-corrected chi connectivity index (χ2v) is 5.13. The molecule has 0 spiro atoms. The van der Waals surface area contributed by atoms with Crippen molar-refractivity contribution in [2.24, 2.45) is 5.92 Å². The van der Waals surface area contributed by atoms with E-state index in [0.29, 0.717) is 18.0 Å². The van der Waals surface area contributed by atoms with Gasteiger partial charge in [0.2, 0.25) is 5.91 Å². The molecule has 2 N–H and O–H groups in total. The second-order valence-electron chi connectivity index (χ2n) is 5.13. The number of hydrogen-bond donors (Lipinski definition) is 2. The van der Waals surface area contributed by atoms with E-state index in [2.05, 4.69) is 21.6 Å². The van der Waals surface area contributed by atoms with Crippen LogP contribution in [0.25, 0.3) is 0 Å². The average molecular weight is 256 g/mol. The molecular weight excluding hydrogens is 240 g/mol. The minimum Gasteiger partial charge on any atom is -0.360 e. The van der Waals surface area contributed by atoms with Gasteiger partial charge in [0.25, 0.3) is 0 Å². The normalized spacial score (nSPS) is 21.7. The highest BCUT2D eigenvalue weighted by Crippen LogP contribution is 2.31. The van der Waals surface area contributed by atoms with Gasteiger partial charge in [-0.15, -0.1) is 0 Å². The standard InChI is InChI=1S/C14H16N4O/c15-6-10-1-2-13-12(5-10)17-14(19)9-18(13)8-11-3-4-16-7-11/h1-2,5,11,16H,3-4,7-9H2,(H,17,19). The van der Waals surface area contributed by atoms with Crippen LogP contribution in [0.15, 0.2) is 18.2 Å². The van der Waals surface area contributed by atoms with Crippen LogP contribution in [-0.2, 0) is 4.79 Å². The molecule has 1 atom stereocenters. The number of carbonyl (C=O) groups excluding carboxylic acids is 1. The summed E-state index contributed by atoms with van der Waals surface area (Å²) < 4.78 is 0. The summed E-state index contributed by atoms with van der Waals surface area (Å²) in [5, 5.41) is 15.1. The first-order valence-corrected chi connectivity index (χ1v) is 6.56. The van der Waals surface area contributed by atoms with Gasteiger partial charge in [0.05, 0.1) is 29.6 Å². The summed E-state index contributed by atoms with van der Waals surface area (Å²) >= 11 is 0. The fraction of sp³-hybridized carbons (Fsp3) is 0.429. The van der Waals surface area contributed by atoms with Crippen LogP contribution >= 0.6 is 0 Å². The molecule has 0 bridgehead atoms. The lowest BCUT2D eigenvalue weighted by Gasteiger charge is -2.32. The molecule has 0 saturated carbocycles. The van der Waals surface area contributed by atoms with Crippen molar-refractivity contribution >= 4 is 17.3 Å². The molecule has 1 fully saturated rings. The van der Waals surface area contributed by atoms with Crippen molar-refractivity contribution in [3.63, 3.8) is 0 Å². The Morgan fingerprint density at radius 3 is 3.11 bits per heavy atom. The molecule has 1 aromatic rings. The zero-order valence-corrected chi connectivity index (χ0v) is 10.6. The molecular formula is C14H16N4O. The first kappa shape index (κ1) is 12.0. The Balaban J connectivity index is 1.86. The molecule has 0 aliphatic carbocycles. The predicted molar refractivity (Wildman–Crippen MR) is 73.0 cm³/mol. The van der Waals surface area contributed by atoms with Crippen LogP contribution in [0.5, 0.6) is 0 Å². The van der Waals surface area contributed by atoms with Gasteiger partial charge in [-0.1, -0.05) is 0 Å². The number of fused-ring (bicyclic) bond motifs is 1. The van der Waals surface area contributed by atoms with Crippen LogP contribution in [0.4, 0.5) is 11.4 Å². The number of nitrogens with zero attached hydrogens (tertiary/aromatic N) is 2. The maximum Gasteiger partial charge on any atom is 0.243 e. The van der Waals surface area contributed by atoms with Crippen LogP contribution in [-0.4, -0.2) is 32.1 Å². The number of nitrogens with one attached hydrogen (secondary N) is 2. The van der Waals surface area contributed by atoms with Crippen LogP contribution in [0, 0.1) is 17.2 Å². The van der Waals surface area contributed by atoms with E-state index in [-0.39, 0.29) is 5.91 Å². The van der Waals surface area contributed by atoms with Gasteiger partial charge in [-0.05, 0) is 43.6 Å². The Kier molecular flexibility index (Phi) is 3.10. The monoisotopic (exact) mass is 256 g/mol. The minimum atomic E-state index is -0.00598. The molecule has 2 heterocycles. The number of amides is 1. The summed E-state index contributed by atoms with van der Waals surface area (Å²) in [4.78, 5) is 13.9. The molecule has 19 heavy (non-hydrogen) atoms. The molecule has 3 rings (SSSR count). The fourth-order valence-corrected chi connectivity index (χ4v) is 2.77. The zero-order chi connectivity index (χ0) is 13.2. The first-order valence-electron chi connectivity index (χ1n) is 6.56. The second kappa shape index (κ2) is 4.90. The van der Waals surface area contributed by atoms with Crippen molar-refractivity contribution in [3.05, 3.63) is 23.8 Å². The van der Waals surface area contributed by atoms with E-state index in [1.165, 1.54) is 0 Å². The first-order chi connectivity index (χ1) is 9.26. The maximum atomic E-state index is 11.8. The summed E-state index contributed by atoms with van der Waals surface area (Å²) in [6, 6.07) is 7.57. The fourth-order valence-electron chi connectivity index (χ4n) is 2.77. The Hall–Kier alpha value is -2.06. The quantitative estimate of drug-likeness (QED) is 0.826. The summed E-state index contributed by atoms with van der Waals surface area (Å²) in [5.41, 5.74) is 2.34. The smallest absolute Gasteiger partial charge is 0.243 e. The van der Waals surface area contributed by atoms with Crippen LogP contribution in [0.2, 0.25) is 0 Å². The molecule has 0 radical (unpaired) electrons. The van der Waals surface area contributed by atoms with Gasteiger partial charge in [-0.2, -0.15) is 5.26 Å². The van der Waals surface area contributed by atoms with Crippen LogP contribution in [0.1, 0.15) is 12.0 Å². The van der Waals surface area contributed by atoms with E-state index in [9.17, 15) is 4.79 Å². The van der Waals surface area contributed by atoms with E-state index in [0.717, 1.165) is 37.4 Å². The number of anilines is 2. The summed E-state index contributed by atoms with van der Waals surface area (Å²) in [5.74, 6) is 0.586. The van der Waals surface area contributed by atoms with Crippen molar-refractivity contribution in [2.75, 3.05) is 36.4 Å². The molecule has 1 aromatic carbocycles. The zero-order valence-electron chi connectivity index (χ0n) is 10.6. The Morgan fingerprint density at radius 2 is 2.37 bits per heavy atom. The number of rotatable bonds is 2. The predicted octanol–water partition coefficient (Wildman–Crippen LogP) is 0.926. The third-order valence-electron chi connectivity index (χ3n) is 3.72. The molecule has 1 saturated heterocycles. The number of hydrogen-bond acceptors (Lipinski definition) is 4. The van der Waals surface area contributed by atoms with E-state index < -0.39 is 0 Å². The molecule has 1 amide bonds. The Labute approximate surface area is 112 Å². The molecule has 2 aliphatic rings. The van der Waals surface area contributed by atoms with Crippen molar-refractivity contribution in [1.29, 1.82) is 5.26 Å². The topological polar surface area (TPSA) is 68.2 Å². The molecule has 1 unspecified atom stereocenters. The number of benzene rings is 1. The molecule has 98 valence electrons. The van der Waals surface area contributed by atoms with Gasteiger partial charge < -0.3 is 15.5 Å². The highest BCUT2D eigenvalue weighted by molar-refractivity contribution is 6.01. The Bertz CT molecular complexity index is 543. The third-order valence-corrected chi connectivity index (χ3v) is 3.72. The van der Waals surface area contributed by atoms with E-state index in [1.807, 2.05) is 6.07 Å². The SMILES string of the molecule is N#Cc1ccc2c(c1)NC(=O)CN2CC1CCNC1. The van der Waals surface area contributed by atoms with Gasteiger partial charge in [-0.3, -0.25) is 4.79 Å². The lowest BCUT2D eigenvalue weighted by molar-refractivity contribution is -0.115. The summed E-state index contributed by atoms with van der Waals surface area (Å²) in [6.45, 7) is 3.36. The lowest BCUT2D eigenvalue weighted by atomic mass is 10.1. The summed E-state index contributed by atoms with van der Waals surface area (Å²) in [6.07, 6.45) is 1.16. The van der Waals surface area contributed by atoms with Gasteiger partial charge in [0, 0.05) is 6.54 Å². The Morgan fingerprint density at radius 1 is 1.47 bits per heavy atom. The molecule has 5 nitrogen and oxygen atoms in total. The lowest BCUT2D eigenvalue weighted by Crippen LogP contribution is -2.41. The van der Waals surface area contributed by atoms with Gasteiger partial charge in [0.1, 0.15) is 0 Å². The van der Waals surface area contributed by atoms with Gasteiger partial charge in [0.15, 0.2) is 0 Å². The third kappa shape index (κ3) is 2.40. The van der Waals surface area contributed by atoms with Crippen molar-refractivity contribution in [2.45, 2.75) is 6.42 Å². The highest BCUT2D eigenvalue weighted by atomic mass is 16.2. The van der Waals surface area contributed by atoms with Gasteiger partial charge >= 0.3 is 0 Å². The summed E-state index contributed by atoms with van der Waals surface area (Å²) in [7, 11) is 0. The molecule has 0 aromatic heterocycles. The van der Waals surface area contributed by atoms with E-state index in [4.69, 9.17) is 5.26 Å². The van der Waals surface area contributed by atoms with E-state index >= 15 is 0 Å². The van der Waals surface area contributed by atoms with Crippen LogP contribution in [0.3, 0.4) is 0 Å². The average Bonchev–Trinajstić information content (AvgIpc) is 2.90. The van der Waals surface area contributed by atoms with Gasteiger partial charge in [-0.25, -0.2) is 0 Å². The van der Waals surface area contributed by atoms with E-state index in [1.54, 1.807) is 12.1 Å². The van der Waals surface area contributed by atoms with Crippen LogP contribution < -0.4 is 15.5 Å². The van der Waals surface area contributed by atoms with Crippen molar-refractivity contribution in [3.8, 4) is 6.07 Å². The largest absolute Gasteiger partial charge is 0.360 e. The minimum absolute atomic E-state index is 0.00598.